The molecule has 0 saturated carbocycles. The van der Waals surface area contributed by atoms with Crippen LogP contribution in [-0.4, -0.2) is 21.9 Å². The Labute approximate surface area is 86.4 Å². The van der Waals surface area contributed by atoms with Crippen LogP contribution >= 0.6 is 0 Å². The van der Waals surface area contributed by atoms with Crippen molar-refractivity contribution in [1.82, 2.24) is 0 Å². The fourth-order valence-electron chi connectivity index (χ4n) is 1.15. The molecule has 0 fully saturated rings. The highest BCUT2D eigenvalue weighted by Gasteiger charge is 2.14. The van der Waals surface area contributed by atoms with Crippen LogP contribution in [0.25, 0.3) is 0 Å². The molecule has 1 amide bonds. The van der Waals surface area contributed by atoms with Crippen molar-refractivity contribution < 1.29 is 19.8 Å². The molecule has 5 nitrogen and oxygen atoms in total. The number of benzene rings is 1. The predicted octanol–water partition coefficient (Wildman–Crippen LogP) is 1.26. The summed E-state index contributed by atoms with van der Waals surface area (Å²) in [6, 6.07) is 2.69. The average Bonchev–Trinajstić information content (AvgIpc) is 2.12. The molecule has 15 heavy (non-hydrogen) atoms. The summed E-state index contributed by atoms with van der Waals surface area (Å²) in [5, 5.41) is 21.2. The Bertz CT molecular complexity index is 426. The molecular formula is C10H11NO4. The Balaban J connectivity index is 3.21. The van der Waals surface area contributed by atoms with Crippen molar-refractivity contribution in [2.45, 2.75) is 13.8 Å². The lowest BCUT2D eigenvalue weighted by Gasteiger charge is -2.08. The number of anilines is 1. The molecule has 0 spiro atoms. The van der Waals surface area contributed by atoms with E-state index >= 15 is 0 Å². The third-order valence-electron chi connectivity index (χ3n) is 1.84. The van der Waals surface area contributed by atoms with Gasteiger partial charge in [0.15, 0.2) is 17.3 Å². The Morgan fingerprint density at radius 2 is 1.73 bits per heavy atom. The molecule has 5 heteroatoms. The van der Waals surface area contributed by atoms with Crippen LogP contribution in [0.4, 0.5) is 5.69 Å². The first-order chi connectivity index (χ1) is 6.93. The van der Waals surface area contributed by atoms with Crippen LogP contribution in [0, 0.1) is 0 Å². The maximum Gasteiger partial charge on any atom is 0.221 e. The molecule has 0 bridgehead atoms. The monoisotopic (exact) mass is 209 g/mol. The van der Waals surface area contributed by atoms with Gasteiger partial charge in [0, 0.05) is 6.92 Å². The van der Waals surface area contributed by atoms with E-state index in [1.54, 1.807) is 0 Å². The first-order valence-electron chi connectivity index (χ1n) is 4.27. The molecule has 0 saturated heterocycles. The van der Waals surface area contributed by atoms with Gasteiger partial charge in [0.1, 0.15) is 0 Å². The Morgan fingerprint density at radius 3 is 2.20 bits per heavy atom. The van der Waals surface area contributed by atoms with Crippen LogP contribution in [-0.2, 0) is 4.79 Å². The van der Waals surface area contributed by atoms with Crippen molar-refractivity contribution in [1.29, 1.82) is 0 Å². The topological polar surface area (TPSA) is 86.6 Å². The number of rotatable bonds is 2. The minimum atomic E-state index is -0.520. The second-order valence-corrected chi connectivity index (χ2v) is 3.10. The minimum Gasteiger partial charge on any atom is -0.504 e. The predicted molar refractivity (Wildman–Crippen MR) is 54.1 cm³/mol. The zero-order chi connectivity index (χ0) is 11.6. The summed E-state index contributed by atoms with van der Waals surface area (Å²) < 4.78 is 0. The second-order valence-electron chi connectivity index (χ2n) is 3.10. The zero-order valence-corrected chi connectivity index (χ0v) is 8.37. The summed E-state index contributed by atoms with van der Waals surface area (Å²) in [5.74, 6) is -1.76. The van der Waals surface area contributed by atoms with Crippen molar-refractivity contribution in [3.05, 3.63) is 17.7 Å². The van der Waals surface area contributed by atoms with Crippen LogP contribution in [0.1, 0.15) is 24.2 Å². The summed E-state index contributed by atoms with van der Waals surface area (Å²) in [5.41, 5.74) is 0.0894. The van der Waals surface area contributed by atoms with Gasteiger partial charge in [-0.25, -0.2) is 0 Å². The maximum atomic E-state index is 11.0. The zero-order valence-electron chi connectivity index (χ0n) is 8.37. The molecule has 0 heterocycles. The summed E-state index contributed by atoms with van der Waals surface area (Å²) in [6.45, 7) is 2.54. The Morgan fingerprint density at radius 1 is 1.13 bits per heavy atom. The third-order valence-corrected chi connectivity index (χ3v) is 1.84. The number of carbonyl (C=O) groups is 2. The fraction of sp³-hybridized carbons (Fsp3) is 0.200. The number of nitrogens with one attached hydrogen (secondary N) is 1. The Kier molecular flexibility index (Phi) is 2.94. The van der Waals surface area contributed by atoms with Crippen LogP contribution < -0.4 is 5.32 Å². The highest BCUT2D eigenvalue weighted by Crippen LogP contribution is 2.36. The highest BCUT2D eigenvalue weighted by molar-refractivity contribution is 6.00. The lowest BCUT2D eigenvalue weighted by molar-refractivity contribution is -0.114. The van der Waals surface area contributed by atoms with Crippen molar-refractivity contribution in [2.75, 3.05) is 5.32 Å². The molecule has 0 aromatic heterocycles. The molecule has 1 aromatic rings. The number of ketones is 1. The first kappa shape index (κ1) is 11.0. The van der Waals surface area contributed by atoms with Crippen LogP contribution in [0.3, 0.4) is 0 Å². The third kappa shape index (κ3) is 2.25. The van der Waals surface area contributed by atoms with Gasteiger partial charge >= 0.3 is 0 Å². The Hall–Kier alpha value is -2.04. The minimum absolute atomic E-state index is 0.0154. The van der Waals surface area contributed by atoms with Gasteiger partial charge in [-0.1, -0.05) is 0 Å². The van der Waals surface area contributed by atoms with E-state index in [2.05, 4.69) is 5.32 Å². The van der Waals surface area contributed by atoms with Gasteiger partial charge in [0.05, 0.1) is 11.3 Å². The van der Waals surface area contributed by atoms with Gasteiger partial charge < -0.3 is 15.5 Å². The number of phenolic OH excluding ortho intramolecular Hbond substituents is 2. The number of amides is 1. The number of hydrogen-bond acceptors (Lipinski definition) is 4. The number of carbonyl (C=O) groups excluding carboxylic acids is 2. The van der Waals surface area contributed by atoms with Crippen molar-refractivity contribution in [3.8, 4) is 11.5 Å². The maximum absolute atomic E-state index is 11.0. The number of aromatic hydroxyl groups is 2. The molecule has 0 aliphatic carbocycles. The van der Waals surface area contributed by atoms with Gasteiger partial charge in [-0.3, -0.25) is 9.59 Å². The molecule has 0 atom stereocenters. The van der Waals surface area contributed by atoms with E-state index in [9.17, 15) is 19.8 Å². The number of phenols is 2. The molecule has 0 aliphatic heterocycles. The number of hydrogen-bond donors (Lipinski definition) is 3. The van der Waals surface area contributed by atoms with Gasteiger partial charge in [0.25, 0.3) is 0 Å². The highest BCUT2D eigenvalue weighted by atomic mass is 16.3. The van der Waals surface area contributed by atoms with Gasteiger partial charge in [0.2, 0.25) is 5.91 Å². The lowest BCUT2D eigenvalue weighted by Crippen LogP contribution is -2.06. The van der Waals surface area contributed by atoms with E-state index < -0.39 is 11.5 Å². The summed E-state index contributed by atoms with van der Waals surface area (Å²) in [7, 11) is 0. The molecule has 3 N–H and O–H groups in total. The van der Waals surface area contributed by atoms with Crippen molar-refractivity contribution in [2.24, 2.45) is 0 Å². The molecular weight excluding hydrogens is 198 g/mol. The largest absolute Gasteiger partial charge is 0.504 e. The van der Waals surface area contributed by atoms with E-state index in [0.29, 0.717) is 0 Å². The molecule has 1 rings (SSSR count). The normalized spacial score (nSPS) is 9.73. The fourth-order valence-corrected chi connectivity index (χ4v) is 1.15. The second kappa shape index (κ2) is 4.00. The van der Waals surface area contributed by atoms with E-state index in [-0.39, 0.29) is 22.9 Å². The van der Waals surface area contributed by atoms with Crippen LogP contribution in [0.5, 0.6) is 11.5 Å². The molecule has 0 radical (unpaired) electrons. The van der Waals surface area contributed by atoms with Gasteiger partial charge in [-0.2, -0.15) is 0 Å². The number of Topliss-reactive ketones (excluding diaryl/α,β-unsaturated/α-hetero) is 1. The molecule has 80 valence electrons. The molecule has 1 aromatic carbocycles. The van der Waals surface area contributed by atoms with Gasteiger partial charge in [-0.05, 0) is 19.1 Å². The molecule has 0 aliphatic rings. The summed E-state index contributed by atoms with van der Waals surface area (Å²) >= 11 is 0. The van der Waals surface area contributed by atoms with E-state index in [0.717, 1.165) is 0 Å². The standard InChI is InChI=1S/C10H11NO4/c1-5(12)7-3-4-8(11-6(2)13)10(15)9(7)14/h3-4,14-15H,1-2H3,(H,11,13). The van der Waals surface area contributed by atoms with Crippen LogP contribution in [0.2, 0.25) is 0 Å². The van der Waals surface area contributed by atoms with Crippen molar-refractivity contribution >= 4 is 17.4 Å². The van der Waals surface area contributed by atoms with E-state index in [1.807, 2.05) is 0 Å². The summed E-state index contributed by atoms with van der Waals surface area (Å²) in [4.78, 5) is 21.7. The van der Waals surface area contributed by atoms with Crippen LogP contribution in [0.15, 0.2) is 12.1 Å². The summed E-state index contributed by atoms with van der Waals surface area (Å²) in [6.07, 6.45) is 0. The van der Waals surface area contributed by atoms with Crippen molar-refractivity contribution in [3.63, 3.8) is 0 Å². The molecule has 0 unspecified atom stereocenters. The SMILES string of the molecule is CC(=O)Nc1ccc(C(C)=O)c(O)c1O. The lowest BCUT2D eigenvalue weighted by atomic mass is 10.1. The van der Waals surface area contributed by atoms with E-state index in [4.69, 9.17) is 0 Å². The van der Waals surface area contributed by atoms with E-state index in [1.165, 1.54) is 26.0 Å². The van der Waals surface area contributed by atoms with Gasteiger partial charge in [-0.15, -0.1) is 0 Å². The first-order valence-corrected chi connectivity index (χ1v) is 4.27. The average molecular weight is 209 g/mol. The smallest absolute Gasteiger partial charge is 0.221 e. The quantitative estimate of drug-likeness (QED) is 0.505.